The molecule has 0 radical (unpaired) electrons. The second-order valence-electron chi connectivity index (χ2n) is 5.56. The first kappa shape index (κ1) is 10.8. The van der Waals surface area contributed by atoms with Crippen molar-refractivity contribution in [2.24, 2.45) is 0 Å². The summed E-state index contributed by atoms with van der Waals surface area (Å²) < 4.78 is 2.77. The van der Waals surface area contributed by atoms with Crippen LogP contribution < -0.4 is 0 Å². The number of fused-ring (bicyclic) bond motifs is 3. The molecule has 86 valence electrons. The Morgan fingerprint density at radius 1 is 0.824 bits per heavy atom. The molecule has 0 atom stereocenters. The molecular weight excluding hydrogens is 224 g/mol. The summed E-state index contributed by atoms with van der Waals surface area (Å²) in [7, 11) is 0. The van der Waals surface area contributed by atoms with Crippen molar-refractivity contribution in [3.8, 4) is 0 Å². The average Bonchev–Trinajstić information content (AvgIpc) is 2.65. The minimum atomic E-state index is 0.219. The maximum Gasteiger partial charge on any atom is 0.0355 e. The molecule has 0 fully saturated rings. The van der Waals surface area contributed by atoms with E-state index in [1.54, 1.807) is 0 Å². The third-order valence-electron chi connectivity index (χ3n) is 3.24. The van der Waals surface area contributed by atoms with E-state index in [-0.39, 0.29) is 5.41 Å². The molecule has 2 aromatic carbocycles. The van der Waals surface area contributed by atoms with E-state index in [9.17, 15) is 0 Å². The van der Waals surface area contributed by atoms with Crippen LogP contribution in [0.3, 0.4) is 0 Å². The van der Waals surface area contributed by atoms with Gasteiger partial charge in [0.2, 0.25) is 0 Å². The number of benzene rings is 2. The van der Waals surface area contributed by atoms with Gasteiger partial charge in [0.1, 0.15) is 0 Å². The molecule has 0 saturated carbocycles. The lowest BCUT2D eigenvalue weighted by Gasteiger charge is -2.18. The number of hydrogen-bond acceptors (Lipinski definition) is 1. The SMILES string of the molecule is CC(C)(C)c1ccc2sc3ccccc3c2c1. The fraction of sp³-hybridized carbons (Fsp3) is 0.250. The highest BCUT2D eigenvalue weighted by atomic mass is 32.1. The molecule has 0 spiro atoms. The lowest BCUT2D eigenvalue weighted by molar-refractivity contribution is 0.591. The normalized spacial score (nSPS) is 12.4. The first-order valence-electron chi connectivity index (χ1n) is 5.97. The van der Waals surface area contributed by atoms with Gasteiger partial charge in [-0.1, -0.05) is 45.0 Å². The van der Waals surface area contributed by atoms with E-state index in [1.165, 1.54) is 25.7 Å². The molecule has 0 aliphatic heterocycles. The van der Waals surface area contributed by atoms with Gasteiger partial charge in [-0.3, -0.25) is 0 Å². The highest BCUT2D eigenvalue weighted by Gasteiger charge is 2.15. The van der Waals surface area contributed by atoms with Gasteiger partial charge in [0.05, 0.1) is 0 Å². The van der Waals surface area contributed by atoms with Gasteiger partial charge in [0, 0.05) is 20.2 Å². The van der Waals surface area contributed by atoms with E-state index in [1.807, 2.05) is 11.3 Å². The number of hydrogen-bond donors (Lipinski definition) is 0. The van der Waals surface area contributed by atoms with E-state index in [2.05, 4.69) is 63.2 Å². The van der Waals surface area contributed by atoms with Crippen LogP contribution in [0.1, 0.15) is 26.3 Å². The van der Waals surface area contributed by atoms with Crippen LogP contribution in [0, 0.1) is 0 Å². The molecule has 0 N–H and O–H groups in total. The lowest BCUT2D eigenvalue weighted by Crippen LogP contribution is -2.10. The minimum Gasteiger partial charge on any atom is -0.135 e. The Morgan fingerprint density at radius 2 is 1.53 bits per heavy atom. The van der Waals surface area contributed by atoms with Crippen molar-refractivity contribution in [3.05, 3.63) is 48.0 Å². The van der Waals surface area contributed by atoms with Crippen LogP contribution in [-0.2, 0) is 5.41 Å². The van der Waals surface area contributed by atoms with Gasteiger partial charge < -0.3 is 0 Å². The summed E-state index contributed by atoms with van der Waals surface area (Å²) in [5, 5.41) is 2.79. The molecule has 0 bridgehead atoms. The van der Waals surface area contributed by atoms with Crippen LogP contribution in [0.4, 0.5) is 0 Å². The summed E-state index contributed by atoms with van der Waals surface area (Å²) in [4.78, 5) is 0. The predicted molar refractivity (Wildman–Crippen MR) is 78.0 cm³/mol. The van der Waals surface area contributed by atoms with Crippen LogP contribution in [0.25, 0.3) is 20.2 Å². The Labute approximate surface area is 106 Å². The fourth-order valence-electron chi connectivity index (χ4n) is 2.19. The summed E-state index contributed by atoms with van der Waals surface area (Å²) in [5.41, 5.74) is 1.63. The highest BCUT2D eigenvalue weighted by Crippen LogP contribution is 2.36. The van der Waals surface area contributed by atoms with Gasteiger partial charge in [0.25, 0.3) is 0 Å². The van der Waals surface area contributed by atoms with Crippen LogP contribution in [0.15, 0.2) is 42.5 Å². The van der Waals surface area contributed by atoms with E-state index in [0.29, 0.717) is 0 Å². The first-order chi connectivity index (χ1) is 8.05. The molecule has 1 heterocycles. The second kappa shape index (κ2) is 3.58. The Morgan fingerprint density at radius 3 is 2.29 bits per heavy atom. The van der Waals surface area contributed by atoms with Crippen molar-refractivity contribution in [1.82, 2.24) is 0 Å². The molecule has 0 unspecified atom stereocenters. The van der Waals surface area contributed by atoms with Crippen LogP contribution in [0.5, 0.6) is 0 Å². The third kappa shape index (κ3) is 1.75. The van der Waals surface area contributed by atoms with Gasteiger partial charge in [-0.15, -0.1) is 11.3 Å². The number of thiophene rings is 1. The molecule has 3 aromatic rings. The largest absolute Gasteiger partial charge is 0.135 e. The Kier molecular flexibility index (Phi) is 2.27. The van der Waals surface area contributed by atoms with Crippen LogP contribution in [-0.4, -0.2) is 0 Å². The van der Waals surface area contributed by atoms with E-state index < -0.39 is 0 Å². The zero-order valence-corrected chi connectivity index (χ0v) is 11.3. The number of rotatable bonds is 0. The van der Waals surface area contributed by atoms with Crippen LogP contribution in [0.2, 0.25) is 0 Å². The molecule has 17 heavy (non-hydrogen) atoms. The molecule has 0 aliphatic carbocycles. The second-order valence-corrected chi connectivity index (χ2v) is 6.64. The zero-order valence-electron chi connectivity index (χ0n) is 10.4. The van der Waals surface area contributed by atoms with E-state index in [0.717, 1.165) is 0 Å². The summed E-state index contributed by atoms with van der Waals surface area (Å²) in [6, 6.07) is 15.5. The van der Waals surface area contributed by atoms with Crippen molar-refractivity contribution in [2.45, 2.75) is 26.2 Å². The van der Waals surface area contributed by atoms with E-state index in [4.69, 9.17) is 0 Å². The Bertz CT molecular complexity index is 683. The predicted octanol–water partition coefficient (Wildman–Crippen LogP) is 5.35. The van der Waals surface area contributed by atoms with Crippen molar-refractivity contribution >= 4 is 31.5 Å². The monoisotopic (exact) mass is 240 g/mol. The molecular formula is C16H16S. The van der Waals surface area contributed by atoms with Crippen molar-refractivity contribution < 1.29 is 0 Å². The molecule has 0 nitrogen and oxygen atoms in total. The van der Waals surface area contributed by atoms with Crippen LogP contribution >= 0.6 is 11.3 Å². The molecule has 0 amide bonds. The molecule has 3 rings (SSSR count). The van der Waals surface area contributed by atoms with Gasteiger partial charge in [-0.2, -0.15) is 0 Å². The van der Waals surface area contributed by atoms with Crippen molar-refractivity contribution in [3.63, 3.8) is 0 Å². The molecule has 0 saturated heterocycles. The zero-order chi connectivity index (χ0) is 12.0. The summed E-state index contributed by atoms with van der Waals surface area (Å²) in [5.74, 6) is 0. The van der Waals surface area contributed by atoms with Gasteiger partial charge in [0.15, 0.2) is 0 Å². The molecule has 1 aromatic heterocycles. The fourth-order valence-corrected chi connectivity index (χ4v) is 3.28. The minimum absolute atomic E-state index is 0.219. The van der Waals surface area contributed by atoms with Gasteiger partial charge in [-0.25, -0.2) is 0 Å². The smallest absolute Gasteiger partial charge is 0.0355 e. The van der Waals surface area contributed by atoms with Crippen molar-refractivity contribution in [1.29, 1.82) is 0 Å². The molecule has 1 heteroatoms. The highest BCUT2D eigenvalue weighted by molar-refractivity contribution is 7.25. The maximum atomic E-state index is 2.36. The quantitative estimate of drug-likeness (QED) is 0.496. The third-order valence-corrected chi connectivity index (χ3v) is 4.39. The first-order valence-corrected chi connectivity index (χ1v) is 6.79. The standard InChI is InChI=1S/C16H16S/c1-16(2,3)11-8-9-15-13(10-11)12-6-4-5-7-14(12)17-15/h4-10H,1-3H3. The molecule has 0 aliphatic rings. The lowest BCUT2D eigenvalue weighted by atomic mass is 9.86. The van der Waals surface area contributed by atoms with Crippen molar-refractivity contribution in [2.75, 3.05) is 0 Å². The van der Waals surface area contributed by atoms with Gasteiger partial charge in [-0.05, 0) is 29.2 Å². The topological polar surface area (TPSA) is 0 Å². The van der Waals surface area contributed by atoms with E-state index >= 15 is 0 Å². The average molecular weight is 240 g/mol. The summed E-state index contributed by atoms with van der Waals surface area (Å²) in [6.07, 6.45) is 0. The maximum absolute atomic E-state index is 2.36. The summed E-state index contributed by atoms with van der Waals surface area (Å²) in [6.45, 7) is 6.80. The van der Waals surface area contributed by atoms with Gasteiger partial charge >= 0.3 is 0 Å². The Balaban J connectivity index is 2.38. The summed E-state index contributed by atoms with van der Waals surface area (Å²) >= 11 is 1.88. The Hall–Kier alpha value is -1.34.